The third kappa shape index (κ3) is 6.01. The van der Waals surface area contributed by atoms with Crippen LogP contribution in [0.15, 0.2) is 24.3 Å². The first-order valence-corrected chi connectivity index (χ1v) is 12.1. The molecule has 2 fully saturated rings. The fourth-order valence-corrected chi connectivity index (χ4v) is 5.23. The Morgan fingerprint density at radius 1 is 1.06 bits per heavy atom. The monoisotopic (exact) mass is 446 g/mol. The van der Waals surface area contributed by atoms with Crippen LogP contribution >= 0.6 is 12.4 Å². The molecule has 2 heterocycles. The first-order valence-electron chi connectivity index (χ1n) is 12.1. The molecule has 1 aromatic heterocycles. The zero-order chi connectivity index (χ0) is 20.9. The molecular formula is C25H39ClN4O. The van der Waals surface area contributed by atoms with Crippen LogP contribution in [0.4, 0.5) is 0 Å². The van der Waals surface area contributed by atoms with E-state index in [1.165, 1.54) is 71.0 Å². The highest BCUT2D eigenvalue weighted by molar-refractivity contribution is 6.04. The molecule has 2 aliphatic rings. The number of halogens is 1. The maximum Gasteiger partial charge on any atom is 0.272 e. The van der Waals surface area contributed by atoms with Crippen molar-refractivity contribution in [1.82, 2.24) is 20.0 Å². The van der Waals surface area contributed by atoms with Gasteiger partial charge in [-0.1, -0.05) is 50.3 Å². The molecule has 1 saturated carbocycles. The van der Waals surface area contributed by atoms with E-state index in [4.69, 9.17) is 0 Å². The number of carbonyl (C=O) groups is 1. The van der Waals surface area contributed by atoms with Crippen LogP contribution in [-0.4, -0.2) is 46.8 Å². The number of nitrogens with zero attached hydrogens (tertiary/aromatic N) is 3. The molecule has 0 bridgehead atoms. The number of rotatable bonds is 7. The molecule has 5 nitrogen and oxygen atoms in total. The van der Waals surface area contributed by atoms with E-state index in [0.29, 0.717) is 11.6 Å². The van der Waals surface area contributed by atoms with E-state index in [1.807, 2.05) is 28.9 Å². The average molecular weight is 447 g/mol. The van der Waals surface area contributed by atoms with E-state index >= 15 is 0 Å². The summed E-state index contributed by atoms with van der Waals surface area (Å²) < 4.78 is 1.95. The Balaban J connectivity index is 0.00000272. The Morgan fingerprint density at radius 3 is 2.48 bits per heavy atom. The molecule has 0 unspecified atom stereocenters. The van der Waals surface area contributed by atoms with E-state index in [1.54, 1.807) is 0 Å². The number of hydrogen-bond acceptors (Lipinski definition) is 3. The average Bonchev–Trinajstić information content (AvgIpc) is 3.18. The quantitative estimate of drug-likeness (QED) is 0.615. The summed E-state index contributed by atoms with van der Waals surface area (Å²) in [6.45, 7) is 8.59. The number of nitrogens with one attached hydrogen (secondary N) is 1. The van der Waals surface area contributed by atoms with Crippen LogP contribution in [0.5, 0.6) is 0 Å². The number of fused-ring (bicyclic) bond motifs is 1. The number of likely N-dealkylation sites (tertiary alicyclic amines) is 1. The van der Waals surface area contributed by atoms with Gasteiger partial charge in [0.05, 0.1) is 5.52 Å². The van der Waals surface area contributed by atoms with Crippen LogP contribution in [0.1, 0.15) is 81.7 Å². The zero-order valence-corrected chi connectivity index (χ0v) is 20.0. The number of carbonyl (C=O) groups excluding carboxylic acids is 1. The van der Waals surface area contributed by atoms with Gasteiger partial charge in [-0.25, -0.2) is 0 Å². The third-order valence-electron chi connectivity index (χ3n) is 7.15. The normalized spacial score (nSPS) is 18.9. The van der Waals surface area contributed by atoms with E-state index in [0.717, 1.165) is 23.4 Å². The number of aromatic nitrogens is 2. The predicted molar refractivity (Wildman–Crippen MR) is 130 cm³/mol. The largest absolute Gasteiger partial charge is 0.350 e. The highest BCUT2D eigenvalue weighted by Gasteiger charge is 2.23. The van der Waals surface area contributed by atoms with E-state index < -0.39 is 0 Å². The minimum absolute atomic E-state index is 0. The molecule has 1 aliphatic heterocycles. The second-order valence-electron chi connectivity index (χ2n) is 9.69. The third-order valence-corrected chi connectivity index (χ3v) is 7.15. The fourth-order valence-electron chi connectivity index (χ4n) is 5.23. The lowest BCUT2D eigenvalue weighted by Gasteiger charge is -2.33. The van der Waals surface area contributed by atoms with Crippen LogP contribution in [0.3, 0.4) is 0 Å². The van der Waals surface area contributed by atoms with Crippen LogP contribution in [0.25, 0.3) is 10.9 Å². The molecule has 0 atom stereocenters. The van der Waals surface area contributed by atoms with Crippen LogP contribution in [0, 0.1) is 11.8 Å². The molecule has 4 rings (SSSR count). The lowest BCUT2D eigenvalue weighted by atomic mass is 9.86. The van der Waals surface area contributed by atoms with Crippen LogP contribution in [0.2, 0.25) is 0 Å². The molecular weight excluding hydrogens is 408 g/mol. The number of benzene rings is 1. The molecule has 31 heavy (non-hydrogen) atoms. The van der Waals surface area contributed by atoms with Gasteiger partial charge in [-0.3, -0.25) is 9.48 Å². The summed E-state index contributed by atoms with van der Waals surface area (Å²) in [5.74, 6) is 1.51. The van der Waals surface area contributed by atoms with Crippen molar-refractivity contribution >= 4 is 29.2 Å². The Morgan fingerprint density at radius 2 is 1.77 bits per heavy atom. The summed E-state index contributed by atoms with van der Waals surface area (Å²) >= 11 is 0. The SMILES string of the molecule is CC(C)n1nc(C(=O)NCC2CCN(CCC3CCCCC3)CC2)c2ccccc21.Cl. The maximum atomic E-state index is 12.9. The Hall–Kier alpha value is -1.59. The van der Waals surface area contributed by atoms with Crippen molar-refractivity contribution in [3.8, 4) is 0 Å². The molecule has 0 spiro atoms. The van der Waals surface area contributed by atoms with Crippen molar-refractivity contribution in [3.05, 3.63) is 30.0 Å². The summed E-state index contributed by atoms with van der Waals surface area (Å²) in [6, 6.07) is 8.26. The van der Waals surface area contributed by atoms with Gasteiger partial charge in [0.1, 0.15) is 0 Å². The number of hydrogen-bond donors (Lipinski definition) is 1. The molecule has 1 aliphatic carbocycles. The van der Waals surface area contributed by atoms with Crippen molar-refractivity contribution in [3.63, 3.8) is 0 Å². The lowest BCUT2D eigenvalue weighted by Crippen LogP contribution is -2.39. The van der Waals surface area contributed by atoms with Crippen molar-refractivity contribution in [2.75, 3.05) is 26.2 Å². The minimum atomic E-state index is -0.0367. The van der Waals surface area contributed by atoms with Crippen molar-refractivity contribution in [1.29, 1.82) is 0 Å². The molecule has 1 aromatic carbocycles. The molecule has 172 valence electrons. The second-order valence-corrected chi connectivity index (χ2v) is 9.69. The molecule has 1 saturated heterocycles. The summed E-state index contributed by atoms with van der Waals surface area (Å²) in [4.78, 5) is 15.5. The maximum absolute atomic E-state index is 12.9. The molecule has 1 N–H and O–H groups in total. The Labute approximate surface area is 193 Å². The van der Waals surface area contributed by atoms with Gasteiger partial charge < -0.3 is 10.2 Å². The Bertz CT molecular complexity index is 835. The number of piperidine rings is 1. The first-order chi connectivity index (χ1) is 14.6. The van der Waals surface area contributed by atoms with Gasteiger partial charge in [-0.2, -0.15) is 5.10 Å². The van der Waals surface area contributed by atoms with Gasteiger partial charge in [0.2, 0.25) is 0 Å². The van der Waals surface area contributed by atoms with E-state index in [2.05, 4.69) is 29.2 Å². The van der Waals surface area contributed by atoms with Gasteiger partial charge in [0, 0.05) is 18.0 Å². The van der Waals surface area contributed by atoms with Gasteiger partial charge >= 0.3 is 0 Å². The van der Waals surface area contributed by atoms with Gasteiger partial charge in [0.25, 0.3) is 5.91 Å². The zero-order valence-electron chi connectivity index (χ0n) is 19.2. The van der Waals surface area contributed by atoms with Crippen molar-refractivity contribution in [2.24, 2.45) is 11.8 Å². The first kappa shape index (κ1) is 24.1. The number of amides is 1. The Kier molecular flexibility index (Phi) is 8.79. The predicted octanol–water partition coefficient (Wildman–Crippen LogP) is 5.45. The second kappa shape index (κ2) is 11.3. The van der Waals surface area contributed by atoms with Crippen LogP contribution in [-0.2, 0) is 0 Å². The van der Waals surface area contributed by atoms with Crippen LogP contribution < -0.4 is 5.32 Å². The summed E-state index contributed by atoms with van der Waals surface area (Å²) in [5, 5.41) is 8.75. The van der Waals surface area contributed by atoms with Crippen molar-refractivity contribution < 1.29 is 4.79 Å². The van der Waals surface area contributed by atoms with E-state index in [9.17, 15) is 4.79 Å². The minimum Gasteiger partial charge on any atom is -0.350 e. The van der Waals surface area contributed by atoms with Gasteiger partial charge in [0.15, 0.2) is 5.69 Å². The fraction of sp³-hybridized carbons (Fsp3) is 0.680. The highest BCUT2D eigenvalue weighted by Crippen LogP contribution is 2.27. The summed E-state index contributed by atoms with van der Waals surface area (Å²) in [6.07, 6.45) is 11.0. The van der Waals surface area contributed by atoms with E-state index in [-0.39, 0.29) is 24.4 Å². The highest BCUT2D eigenvalue weighted by atomic mass is 35.5. The standard InChI is InChI=1S/C25H38N4O.ClH/c1-19(2)29-23-11-7-6-10-22(23)24(27-29)25(30)26-18-21-13-16-28(17-14-21)15-12-20-8-4-3-5-9-20;/h6-7,10-11,19-21H,3-5,8-9,12-18H2,1-2H3,(H,26,30);1H. The topological polar surface area (TPSA) is 50.2 Å². The molecule has 1 amide bonds. The van der Waals surface area contributed by atoms with Crippen molar-refractivity contribution in [2.45, 2.75) is 71.3 Å². The molecule has 0 radical (unpaired) electrons. The smallest absolute Gasteiger partial charge is 0.272 e. The summed E-state index contributed by atoms with van der Waals surface area (Å²) in [7, 11) is 0. The summed E-state index contributed by atoms with van der Waals surface area (Å²) in [5.41, 5.74) is 1.59. The molecule has 6 heteroatoms. The van der Waals surface area contributed by atoms with Gasteiger partial charge in [-0.15, -0.1) is 12.4 Å². The lowest BCUT2D eigenvalue weighted by molar-refractivity contribution is 0.0930. The van der Waals surface area contributed by atoms with Gasteiger partial charge in [-0.05, 0) is 70.6 Å². The number of para-hydroxylation sites is 1. The molecule has 2 aromatic rings.